The maximum absolute atomic E-state index is 12.0. The van der Waals surface area contributed by atoms with E-state index in [1.807, 2.05) is 0 Å². The SMILES string of the molecule is O=C(Nc1cc(Br)ccn1)c1cc(Br)ccc1O. The van der Waals surface area contributed by atoms with Gasteiger partial charge in [-0.3, -0.25) is 4.79 Å². The maximum Gasteiger partial charge on any atom is 0.260 e. The fraction of sp³-hybridized carbons (Fsp3) is 0. The normalized spacial score (nSPS) is 10.1. The van der Waals surface area contributed by atoms with Crippen molar-refractivity contribution in [3.63, 3.8) is 0 Å². The van der Waals surface area contributed by atoms with Crippen LogP contribution in [0, 0.1) is 0 Å². The molecule has 1 aromatic heterocycles. The third-order valence-electron chi connectivity index (χ3n) is 2.17. The van der Waals surface area contributed by atoms with E-state index in [1.165, 1.54) is 6.07 Å². The summed E-state index contributed by atoms with van der Waals surface area (Å²) in [7, 11) is 0. The summed E-state index contributed by atoms with van der Waals surface area (Å²) in [6.45, 7) is 0. The first kappa shape index (κ1) is 13.0. The fourth-order valence-corrected chi connectivity index (χ4v) is 2.04. The number of hydrogen-bond donors (Lipinski definition) is 2. The Morgan fingerprint density at radius 3 is 2.61 bits per heavy atom. The Morgan fingerprint density at radius 1 is 1.17 bits per heavy atom. The molecule has 0 saturated heterocycles. The molecule has 1 amide bonds. The van der Waals surface area contributed by atoms with Gasteiger partial charge < -0.3 is 10.4 Å². The molecule has 0 fully saturated rings. The largest absolute Gasteiger partial charge is 0.507 e. The molecular formula is C12H8Br2N2O2. The van der Waals surface area contributed by atoms with E-state index < -0.39 is 5.91 Å². The number of nitrogens with zero attached hydrogens (tertiary/aromatic N) is 1. The number of anilines is 1. The molecule has 0 aliphatic rings. The van der Waals surface area contributed by atoms with Gasteiger partial charge in [0.15, 0.2) is 0 Å². The average Bonchev–Trinajstić information content (AvgIpc) is 2.32. The maximum atomic E-state index is 12.0. The van der Waals surface area contributed by atoms with Crippen molar-refractivity contribution in [2.75, 3.05) is 5.32 Å². The van der Waals surface area contributed by atoms with Crippen LogP contribution in [0.1, 0.15) is 10.4 Å². The van der Waals surface area contributed by atoms with E-state index in [-0.39, 0.29) is 11.3 Å². The average molecular weight is 372 g/mol. The number of phenols is 1. The zero-order chi connectivity index (χ0) is 13.1. The van der Waals surface area contributed by atoms with Crippen molar-refractivity contribution < 1.29 is 9.90 Å². The van der Waals surface area contributed by atoms with E-state index in [0.29, 0.717) is 10.3 Å². The molecule has 4 nitrogen and oxygen atoms in total. The lowest BCUT2D eigenvalue weighted by Gasteiger charge is -2.06. The molecule has 0 radical (unpaired) electrons. The number of hydrogen-bond acceptors (Lipinski definition) is 3. The topological polar surface area (TPSA) is 62.2 Å². The molecular weight excluding hydrogens is 364 g/mol. The molecule has 0 spiro atoms. The molecule has 1 heterocycles. The number of halogens is 2. The van der Waals surface area contributed by atoms with Crippen molar-refractivity contribution in [1.82, 2.24) is 4.98 Å². The predicted octanol–water partition coefficient (Wildman–Crippen LogP) is 3.56. The highest BCUT2D eigenvalue weighted by atomic mass is 79.9. The Bertz CT molecular complexity index is 602. The van der Waals surface area contributed by atoms with Crippen molar-refractivity contribution in [3.8, 4) is 5.75 Å². The molecule has 2 rings (SSSR count). The first-order valence-electron chi connectivity index (χ1n) is 4.97. The lowest BCUT2D eigenvalue weighted by Crippen LogP contribution is -2.13. The van der Waals surface area contributed by atoms with Crippen molar-refractivity contribution >= 4 is 43.6 Å². The molecule has 6 heteroatoms. The number of phenolic OH excluding ortho intramolecular Hbond substituents is 1. The Hall–Kier alpha value is -1.40. The van der Waals surface area contributed by atoms with Gasteiger partial charge in [0, 0.05) is 15.1 Å². The molecule has 2 aromatic rings. The van der Waals surface area contributed by atoms with Gasteiger partial charge in [-0.25, -0.2) is 4.98 Å². The second-order valence-corrected chi connectivity index (χ2v) is 5.31. The van der Waals surface area contributed by atoms with Crippen molar-refractivity contribution in [1.29, 1.82) is 0 Å². The number of pyridine rings is 1. The van der Waals surface area contributed by atoms with Crippen LogP contribution in [0.3, 0.4) is 0 Å². The molecule has 0 bridgehead atoms. The molecule has 92 valence electrons. The Kier molecular flexibility index (Phi) is 3.98. The van der Waals surface area contributed by atoms with Crippen LogP contribution >= 0.6 is 31.9 Å². The first-order chi connectivity index (χ1) is 8.56. The van der Waals surface area contributed by atoms with Crippen LogP contribution in [0.5, 0.6) is 5.75 Å². The Morgan fingerprint density at radius 2 is 1.89 bits per heavy atom. The van der Waals surface area contributed by atoms with E-state index in [0.717, 1.165) is 4.47 Å². The number of aromatic nitrogens is 1. The van der Waals surface area contributed by atoms with Crippen LogP contribution < -0.4 is 5.32 Å². The van der Waals surface area contributed by atoms with Crippen molar-refractivity contribution in [3.05, 3.63) is 51.0 Å². The summed E-state index contributed by atoms with van der Waals surface area (Å²) in [5, 5.41) is 12.2. The molecule has 0 saturated carbocycles. The Labute approximate surface area is 120 Å². The van der Waals surface area contributed by atoms with Gasteiger partial charge in [0.25, 0.3) is 5.91 Å². The summed E-state index contributed by atoms with van der Waals surface area (Å²) in [4.78, 5) is 16.0. The van der Waals surface area contributed by atoms with Gasteiger partial charge in [0.2, 0.25) is 0 Å². The van der Waals surface area contributed by atoms with Crippen molar-refractivity contribution in [2.45, 2.75) is 0 Å². The fourth-order valence-electron chi connectivity index (χ4n) is 1.35. The van der Waals surface area contributed by atoms with Crippen LogP contribution in [-0.2, 0) is 0 Å². The zero-order valence-electron chi connectivity index (χ0n) is 9.02. The van der Waals surface area contributed by atoms with Crippen LogP contribution in [0.15, 0.2) is 45.5 Å². The molecule has 0 aliphatic carbocycles. The number of rotatable bonds is 2. The standard InChI is InChI=1S/C12H8Br2N2O2/c13-7-1-2-10(17)9(5-7)12(18)16-11-6-8(14)3-4-15-11/h1-6,17H,(H,15,16,18). The van der Waals surface area contributed by atoms with Gasteiger partial charge in [0.05, 0.1) is 5.56 Å². The number of carbonyl (C=O) groups is 1. The second-order valence-electron chi connectivity index (χ2n) is 3.47. The predicted molar refractivity (Wildman–Crippen MR) is 75.7 cm³/mol. The number of benzene rings is 1. The van der Waals surface area contributed by atoms with Crippen LogP contribution in [0.25, 0.3) is 0 Å². The summed E-state index contributed by atoms with van der Waals surface area (Å²) in [5.74, 6) is -0.0844. The number of nitrogens with one attached hydrogen (secondary N) is 1. The molecule has 0 unspecified atom stereocenters. The lowest BCUT2D eigenvalue weighted by molar-refractivity contribution is 0.102. The highest BCUT2D eigenvalue weighted by Crippen LogP contribution is 2.23. The molecule has 0 atom stereocenters. The third-order valence-corrected chi connectivity index (χ3v) is 3.15. The van der Waals surface area contributed by atoms with Gasteiger partial charge in [-0.2, -0.15) is 0 Å². The van der Waals surface area contributed by atoms with E-state index in [9.17, 15) is 9.90 Å². The highest BCUT2D eigenvalue weighted by Gasteiger charge is 2.12. The van der Waals surface area contributed by atoms with Gasteiger partial charge in [-0.05, 0) is 30.3 Å². The molecule has 0 aliphatic heterocycles. The van der Waals surface area contributed by atoms with Crippen LogP contribution in [0.2, 0.25) is 0 Å². The minimum absolute atomic E-state index is 0.0781. The van der Waals surface area contributed by atoms with Crippen LogP contribution in [-0.4, -0.2) is 16.0 Å². The van der Waals surface area contributed by atoms with E-state index >= 15 is 0 Å². The van der Waals surface area contributed by atoms with Crippen LogP contribution in [0.4, 0.5) is 5.82 Å². The summed E-state index contributed by atoms with van der Waals surface area (Å²) in [6.07, 6.45) is 1.57. The van der Waals surface area contributed by atoms with Crippen molar-refractivity contribution in [2.24, 2.45) is 0 Å². The van der Waals surface area contributed by atoms with E-state index in [2.05, 4.69) is 42.2 Å². The van der Waals surface area contributed by atoms with E-state index in [4.69, 9.17) is 0 Å². The first-order valence-corrected chi connectivity index (χ1v) is 6.56. The van der Waals surface area contributed by atoms with Gasteiger partial charge >= 0.3 is 0 Å². The monoisotopic (exact) mass is 370 g/mol. The van der Waals surface area contributed by atoms with Gasteiger partial charge in [0.1, 0.15) is 11.6 Å². The quantitative estimate of drug-likeness (QED) is 0.848. The lowest BCUT2D eigenvalue weighted by atomic mass is 10.2. The minimum atomic E-state index is -0.417. The van der Waals surface area contributed by atoms with E-state index in [1.54, 1.807) is 30.5 Å². The smallest absolute Gasteiger partial charge is 0.260 e. The summed E-state index contributed by atoms with van der Waals surface area (Å²) in [5.41, 5.74) is 0.186. The van der Waals surface area contributed by atoms with Gasteiger partial charge in [-0.1, -0.05) is 31.9 Å². The minimum Gasteiger partial charge on any atom is -0.507 e. The zero-order valence-corrected chi connectivity index (χ0v) is 12.2. The third kappa shape index (κ3) is 3.08. The highest BCUT2D eigenvalue weighted by molar-refractivity contribution is 9.10. The Balaban J connectivity index is 2.24. The summed E-state index contributed by atoms with van der Waals surface area (Å²) in [6, 6.07) is 8.08. The number of amides is 1. The van der Waals surface area contributed by atoms with Gasteiger partial charge in [-0.15, -0.1) is 0 Å². The molecule has 2 N–H and O–H groups in total. The molecule has 1 aromatic carbocycles. The number of carbonyl (C=O) groups excluding carboxylic acids is 1. The summed E-state index contributed by atoms with van der Waals surface area (Å²) >= 11 is 6.53. The molecule has 18 heavy (non-hydrogen) atoms. The number of aromatic hydroxyl groups is 1. The summed E-state index contributed by atoms with van der Waals surface area (Å²) < 4.78 is 1.53. The second kappa shape index (κ2) is 5.49.